The summed E-state index contributed by atoms with van der Waals surface area (Å²) in [4.78, 5) is 28.2. The molecule has 0 fully saturated rings. The molecule has 2 aromatic carbocycles. The molecule has 2 amide bonds. The highest BCUT2D eigenvalue weighted by Crippen LogP contribution is 2.31. The van der Waals surface area contributed by atoms with Crippen molar-refractivity contribution in [2.75, 3.05) is 13.2 Å². The van der Waals surface area contributed by atoms with Crippen molar-refractivity contribution >= 4 is 35.0 Å². The smallest absolute Gasteiger partial charge is 0.243 e. The lowest BCUT2D eigenvalue weighted by atomic mass is 10.0. The van der Waals surface area contributed by atoms with Crippen LogP contribution >= 0.6 is 23.2 Å². The number of amides is 2. The summed E-state index contributed by atoms with van der Waals surface area (Å²) in [6, 6.07) is 10.4. The second kappa shape index (κ2) is 11.3. The van der Waals surface area contributed by atoms with E-state index in [1.165, 1.54) is 0 Å². The second-order valence-corrected chi connectivity index (χ2v) is 10.2. The van der Waals surface area contributed by atoms with Crippen molar-refractivity contribution < 1.29 is 19.1 Å². The van der Waals surface area contributed by atoms with Crippen LogP contribution < -0.4 is 14.8 Å². The van der Waals surface area contributed by atoms with Crippen LogP contribution in [0.15, 0.2) is 36.4 Å². The van der Waals surface area contributed by atoms with E-state index in [1.807, 2.05) is 52.0 Å². The summed E-state index contributed by atoms with van der Waals surface area (Å²) in [5.74, 6) is 1.12. The SMILES string of the molecule is CC[C@@H](C(=O)NC(C)(C)C)N(Cc1ccc(Cl)c(Cl)c1)C(=O)CCc1ccc2c(c1)OCCO2. The Kier molecular flexibility index (Phi) is 8.72. The zero-order chi connectivity index (χ0) is 24.9. The number of benzene rings is 2. The van der Waals surface area contributed by atoms with E-state index in [4.69, 9.17) is 32.7 Å². The van der Waals surface area contributed by atoms with E-state index in [0.29, 0.717) is 47.6 Å². The topological polar surface area (TPSA) is 67.9 Å². The lowest BCUT2D eigenvalue weighted by Gasteiger charge is -2.33. The third-order valence-electron chi connectivity index (χ3n) is 5.46. The van der Waals surface area contributed by atoms with E-state index in [9.17, 15) is 9.59 Å². The number of hydrogen-bond acceptors (Lipinski definition) is 4. The molecule has 1 heterocycles. The fourth-order valence-electron chi connectivity index (χ4n) is 3.85. The van der Waals surface area contributed by atoms with Crippen LogP contribution in [0, 0.1) is 0 Å². The lowest BCUT2D eigenvalue weighted by Crippen LogP contribution is -2.53. The number of rotatable bonds is 8. The molecule has 3 rings (SSSR count). The van der Waals surface area contributed by atoms with Gasteiger partial charge in [-0.05, 0) is 69.0 Å². The normalized spacial score (nSPS) is 13.8. The van der Waals surface area contributed by atoms with Crippen molar-refractivity contribution in [3.63, 3.8) is 0 Å². The first-order valence-electron chi connectivity index (χ1n) is 11.5. The molecule has 0 radical (unpaired) electrons. The van der Waals surface area contributed by atoms with E-state index in [1.54, 1.807) is 17.0 Å². The summed E-state index contributed by atoms with van der Waals surface area (Å²) < 4.78 is 11.2. The molecule has 0 aliphatic carbocycles. The van der Waals surface area contributed by atoms with Gasteiger partial charge in [0, 0.05) is 18.5 Å². The number of ether oxygens (including phenoxy) is 2. The van der Waals surface area contributed by atoms with Gasteiger partial charge >= 0.3 is 0 Å². The first-order valence-corrected chi connectivity index (χ1v) is 12.3. The van der Waals surface area contributed by atoms with Crippen molar-refractivity contribution in [3.8, 4) is 11.5 Å². The maximum absolute atomic E-state index is 13.5. The van der Waals surface area contributed by atoms with Crippen LogP contribution in [-0.2, 0) is 22.6 Å². The van der Waals surface area contributed by atoms with Crippen LogP contribution in [0.1, 0.15) is 51.7 Å². The van der Waals surface area contributed by atoms with E-state index in [-0.39, 0.29) is 24.8 Å². The van der Waals surface area contributed by atoms with E-state index in [2.05, 4.69) is 5.32 Å². The first kappa shape index (κ1) is 26.2. The number of halogens is 2. The van der Waals surface area contributed by atoms with Crippen LogP contribution in [0.3, 0.4) is 0 Å². The molecular formula is C26H32Cl2N2O4. The summed E-state index contributed by atoms with van der Waals surface area (Å²) >= 11 is 12.3. The molecule has 1 aliphatic rings. The average Bonchev–Trinajstić information content (AvgIpc) is 2.78. The summed E-state index contributed by atoms with van der Waals surface area (Å²) in [6.07, 6.45) is 1.25. The van der Waals surface area contributed by atoms with Gasteiger partial charge in [0.2, 0.25) is 11.8 Å². The fourth-order valence-corrected chi connectivity index (χ4v) is 4.17. The molecule has 0 saturated heterocycles. The molecule has 6 nitrogen and oxygen atoms in total. The quantitative estimate of drug-likeness (QED) is 0.518. The highest BCUT2D eigenvalue weighted by atomic mass is 35.5. The van der Waals surface area contributed by atoms with Crippen LogP contribution in [-0.4, -0.2) is 41.5 Å². The molecule has 34 heavy (non-hydrogen) atoms. The van der Waals surface area contributed by atoms with Crippen LogP contribution in [0.4, 0.5) is 0 Å². The number of carbonyl (C=O) groups is 2. The molecule has 0 spiro atoms. The Labute approximate surface area is 211 Å². The van der Waals surface area contributed by atoms with Crippen LogP contribution in [0.5, 0.6) is 11.5 Å². The van der Waals surface area contributed by atoms with Gasteiger partial charge in [0.25, 0.3) is 0 Å². The van der Waals surface area contributed by atoms with E-state index in [0.717, 1.165) is 11.1 Å². The minimum Gasteiger partial charge on any atom is -0.486 e. The highest BCUT2D eigenvalue weighted by molar-refractivity contribution is 6.42. The minimum atomic E-state index is -0.610. The van der Waals surface area contributed by atoms with Gasteiger partial charge in [-0.1, -0.05) is 42.3 Å². The molecule has 0 unspecified atom stereocenters. The van der Waals surface area contributed by atoms with Gasteiger partial charge in [0.05, 0.1) is 10.0 Å². The Morgan fingerprint density at radius 3 is 2.32 bits per heavy atom. The summed E-state index contributed by atoms with van der Waals surface area (Å²) in [5, 5.41) is 3.87. The summed E-state index contributed by atoms with van der Waals surface area (Å²) in [7, 11) is 0. The molecule has 184 valence electrons. The number of fused-ring (bicyclic) bond motifs is 1. The number of nitrogens with zero attached hydrogens (tertiary/aromatic N) is 1. The second-order valence-electron chi connectivity index (χ2n) is 9.41. The molecule has 2 aromatic rings. The minimum absolute atomic E-state index is 0.114. The number of aryl methyl sites for hydroxylation is 1. The van der Waals surface area contributed by atoms with E-state index < -0.39 is 11.6 Å². The number of hydrogen-bond donors (Lipinski definition) is 1. The third-order valence-corrected chi connectivity index (χ3v) is 6.19. The Morgan fingerprint density at radius 2 is 1.68 bits per heavy atom. The predicted molar refractivity (Wildman–Crippen MR) is 135 cm³/mol. The Morgan fingerprint density at radius 1 is 1.00 bits per heavy atom. The first-order chi connectivity index (χ1) is 16.1. The molecule has 8 heteroatoms. The summed E-state index contributed by atoms with van der Waals surface area (Å²) in [6.45, 7) is 8.97. The number of carbonyl (C=O) groups excluding carboxylic acids is 2. The average molecular weight is 507 g/mol. The van der Waals surface area contributed by atoms with Crippen molar-refractivity contribution in [2.24, 2.45) is 0 Å². The molecule has 1 atom stereocenters. The predicted octanol–water partition coefficient (Wildman–Crippen LogP) is 5.42. The monoisotopic (exact) mass is 506 g/mol. The van der Waals surface area contributed by atoms with Crippen molar-refractivity contribution in [3.05, 3.63) is 57.6 Å². The standard InChI is InChI=1S/C26H32Cl2N2O4/c1-5-21(25(32)29-26(2,3)4)30(16-18-6-9-19(27)20(28)14-18)24(31)11-8-17-7-10-22-23(15-17)34-13-12-33-22/h6-7,9-10,14-15,21H,5,8,11-13,16H2,1-4H3,(H,29,32)/t21-/m0/s1. The Balaban J connectivity index is 1.80. The highest BCUT2D eigenvalue weighted by Gasteiger charge is 2.30. The molecule has 0 saturated carbocycles. The van der Waals surface area contributed by atoms with Gasteiger partial charge in [-0.3, -0.25) is 9.59 Å². The van der Waals surface area contributed by atoms with Crippen molar-refractivity contribution in [1.82, 2.24) is 10.2 Å². The zero-order valence-corrected chi connectivity index (χ0v) is 21.6. The van der Waals surface area contributed by atoms with Gasteiger partial charge in [0.1, 0.15) is 19.3 Å². The fraction of sp³-hybridized carbons (Fsp3) is 0.462. The Bertz CT molecular complexity index is 1040. The van der Waals surface area contributed by atoms with Gasteiger partial charge in [-0.25, -0.2) is 0 Å². The van der Waals surface area contributed by atoms with Gasteiger partial charge < -0.3 is 19.7 Å². The van der Waals surface area contributed by atoms with E-state index >= 15 is 0 Å². The van der Waals surface area contributed by atoms with Crippen LogP contribution in [0.25, 0.3) is 0 Å². The molecule has 1 aliphatic heterocycles. The van der Waals surface area contributed by atoms with Crippen LogP contribution in [0.2, 0.25) is 10.0 Å². The largest absolute Gasteiger partial charge is 0.486 e. The lowest BCUT2D eigenvalue weighted by molar-refractivity contribution is -0.142. The molecule has 0 bridgehead atoms. The molecule has 0 aromatic heterocycles. The third kappa shape index (κ3) is 7.03. The zero-order valence-electron chi connectivity index (χ0n) is 20.1. The Hall–Kier alpha value is -2.44. The summed E-state index contributed by atoms with van der Waals surface area (Å²) in [5.41, 5.74) is 1.37. The van der Waals surface area contributed by atoms with Crippen molar-refractivity contribution in [2.45, 2.75) is 65.1 Å². The van der Waals surface area contributed by atoms with Gasteiger partial charge in [-0.15, -0.1) is 0 Å². The maximum Gasteiger partial charge on any atom is 0.243 e. The van der Waals surface area contributed by atoms with Gasteiger partial charge in [0.15, 0.2) is 11.5 Å². The maximum atomic E-state index is 13.5. The van der Waals surface area contributed by atoms with Gasteiger partial charge in [-0.2, -0.15) is 0 Å². The molecular weight excluding hydrogens is 475 g/mol. The number of nitrogens with one attached hydrogen (secondary N) is 1. The van der Waals surface area contributed by atoms with Crippen molar-refractivity contribution in [1.29, 1.82) is 0 Å². The molecule has 1 N–H and O–H groups in total.